The first-order chi connectivity index (χ1) is 25.7. The molecule has 1 unspecified atom stereocenters. The van der Waals surface area contributed by atoms with E-state index in [-0.39, 0.29) is 6.04 Å². The number of benzene rings is 2. The summed E-state index contributed by atoms with van der Waals surface area (Å²) in [6, 6.07) is 18.8. The van der Waals surface area contributed by atoms with Crippen molar-refractivity contribution in [3.8, 4) is 6.07 Å². The molecule has 0 amide bonds. The number of fused-ring (bicyclic) bond motifs is 2. The quantitative estimate of drug-likeness (QED) is 0.129. The molecule has 0 N–H and O–H groups in total. The summed E-state index contributed by atoms with van der Waals surface area (Å²) in [6.45, 7) is 5.84. The van der Waals surface area contributed by atoms with Crippen molar-refractivity contribution < 1.29 is 9.53 Å². The lowest BCUT2D eigenvalue weighted by Crippen LogP contribution is -2.35. The maximum absolute atomic E-state index is 10.9. The number of aryl methyl sites for hydroxylation is 4. The van der Waals surface area contributed by atoms with Gasteiger partial charge in [-0.2, -0.15) is 5.26 Å². The van der Waals surface area contributed by atoms with E-state index in [9.17, 15) is 10.1 Å². The summed E-state index contributed by atoms with van der Waals surface area (Å²) in [7, 11) is 9.71. The van der Waals surface area contributed by atoms with Crippen molar-refractivity contribution in [2.75, 3.05) is 44.2 Å². The molecule has 4 aromatic heterocycles. The van der Waals surface area contributed by atoms with Gasteiger partial charge in [0.25, 0.3) is 0 Å². The van der Waals surface area contributed by atoms with E-state index in [1.165, 1.54) is 5.56 Å². The molecule has 0 radical (unpaired) electrons. The van der Waals surface area contributed by atoms with Gasteiger partial charge in [0.2, 0.25) is 0 Å². The number of methoxy groups -OCH3 is 1. The zero-order valence-corrected chi connectivity index (χ0v) is 31.7. The van der Waals surface area contributed by atoms with Crippen LogP contribution in [0.2, 0.25) is 0 Å². The van der Waals surface area contributed by atoms with Crippen LogP contribution in [0.5, 0.6) is 0 Å². The van der Waals surface area contributed by atoms with Crippen molar-refractivity contribution in [3.05, 3.63) is 95.8 Å². The Labute approximate surface area is 311 Å². The summed E-state index contributed by atoms with van der Waals surface area (Å²) in [5.41, 5.74) is 10.1. The first-order valence-electron chi connectivity index (χ1n) is 18.1. The van der Waals surface area contributed by atoms with Gasteiger partial charge in [0.1, 0.15) is 35.0 Å². The van der Waals surface area contributed by atoms with E-state index in [2.05, 4.69) is 73.9 Å². The average Bonchev–Trinajstić information content (AvgIpc) is 3.92. The van der Waals surface area contributed by atoms with Crippen LogP contribution in [0.1, 0.15) is 59.8 Å². The number of aldehydes is 1. The Morgan fingerprint density at radius 3 is 1.96 bits per heavy atom. The Morgan fingerprint density at radius 1 is 0.868 bits per heavy atom. The normalized spacial score (nSPS) is 14.9. The van der Waals surface area contributed by atoms with Crippen LogP contribution in [-0.2, 0) is 31.7 Å². The van der Waals surface area contributed by atoms with Crippen molar-refractivity contribution >= 4 is 51.4 Å². The second-order valence-corrected chi connectivity index (χ2v) is 13.5. The van der Waals surface area contributed by atoms with E-state index < -0.39 is 0 Å². The minimum Gasteiger partial charge on any atom is -0.383 e. The third-order valence-corrected chi connectivity index (χ3v) is 10.3. The predicted octanol–water partition coefficient (Wildman–Crippen LogP) is 7.09. The van der Waals surface area contributed by atoms with E-state index >= 15 is 0 Å². The number of likely N-dealkylation sites (tertiary alicyclic amines) is 1. The molecule has 7 rings (SSSR count). The first kappa shape index (κ1) is 37.1. The minimum absolute atomic E-state index is 0.253. The maximum atomic E-state index is 10.9. The van der Waals surface area contributed by atoms with Crippen LogP contribution in [0.15, 0.2) is 73.6 Å². The van der Waals surface area contributed by atoms with Crippen LogP contribution in [0.4, 0.5) is 23.0 Å². The van der Waals surface area contributed by atoms with Crippen LogP contribution in [0.3, 0.4) is 0 Å². The number of hydrogen-bond donors (Lipinski definition) is 0. The fourth-order valence-electron chi connectivity index (χ4n) is 7.24. The Hall–Kier alpha value is -5.64. The molecule has 0 aliphatic carbocycles. The molecule has 12 heteroatoms. The number of rotatable bonds is 11. The van der Waals surface area contributed by atoms with Crippen molar-refractivity contribution in [1.29, 1.82) is 5.26 Å². The smallest absolute Gasteiger partial charge is 0.150 e. The molecule has 1 aliphatic heterocycles. The molecule has 5 heterocycles. The number of pyridine rings is 2. The Kier molecular flexibility index (Phi) is 11.5. The largest absolute Gasteiger partial charge is 0.383 e. The number of ether oxygens (including phenoxy) is 1. The molecular weight excluding hydrogens is 665 g/mol. The van der Waals surface area contributed by atoms with E-state index in [1.54, 1.807) is 26.0 Å². The highest BCUT2D eigenvalue weighted by molar-refractivity contribution is 5.81. The monoisotopic (exact) mass is 712 g/mol. The van der Waals surface area contributed by atoms with Crippen LogP contribution >= 0.6 is 0 Å². The van der Waals surface area contributed by atoms with Gasteiger partial charge in [-0.15, -0.1) is 0 Å². The van der Waals surface area contributed by atoms with E-state index in [1.807, 2.05) is 72.7 Å². The molecule has 2 aromatic carbocycles. The average molecular weight is 713 g/mol. The van der Waals surface area contributed by atoms with Gasteiger partial charge in [0.05, 0.1) is 48.8 Å². The summed E-state index contributed by atoms with van der Waals surface area (Å²) in [5.74, 6) is 1.72. The predicted molar refractivity (Wildman–Crippen MR) is 210 cm³/mol. The lowest BCUT2D eigenvalue weighted by atomic mass is 9.99. The molecule has 0 saturated carbocycles. The molecular formula is C41H48N10O2. The van der Waals surface area contributed by atoms with Crippen LogP contribution in [0, 0.1) is 11.3 Å². The van der Waals surface area contributed by atoms with E-state index in [0.29, 0.717) is 18.2 Å². The number of nitriles is 1. The number of anilines is 4. The minimum atomic E-state index is -0.253. The van der Waals surface area contributed by atoms with Gasteiger partial charge in [-0.3, -0.25) is 9.69 Å². The first-order valence-corrected chi connectivity index (χ1v) is 18.1. The van der Waals surface area contributed by atoms with Crippen LogP contribution in [-0.4, -0.2) is 80.7 Å². The molecule has 53 heavy (non-hydrogen) atoms. The van der Waals surface area contributed by atoms with Gasteiger partial charge in [0.15, 0.2) is 0 Å². The zero-order chi connectivity index (χ0) is 37.6. The zero-order valence-electron chi connectivity index (χ0n) is 31.7. The highest BCUT2D eigenvalue weighted by Gasteiger charge is 2.32. The molecule has 0 bridgehead atoms. The van der Waals surface area contributed by atoms with Crippen molar-refractivity contribution in [2.24, 2.45) is 14.1 Å². The molecule has 274 valence electrons. The standard InChI is InChI=1S/C24H30N6O.C17H18N4O/c1-5-17-11-18(23(13-25)30-10-6-7-19(30)15-31-4)8-9-21(17)29(3)24-12-22-20(14-26-24)27-16-28(22)2;1-4-13-7-12(10-22)5-6-15(13)21(3)17-8-16-14(9-18-17)19-11-20(16)2/h8-9,11-12,14,16,19,23H,5-7,10,15H2,1-4H3;5-11H,4H2,1-3H3/t19-,23?;/m1./s1. The van der Waals surface area contributed by atoms with Gasteiger partial charge in [-0.25, -0.2) is 19.9 Å². The fourth-order valence-corrected chi connectivity index (χ4v) is 7.24. The summed E-state index contributed by atoms with van der Waals surface area (Å²) in [5, 5.41) is 9.99. The molecule has 12 nitrogen and oxygen atoms in total. The third kappa shape index (κ3) is 7.63. The Morgan fingerprint density at radius 2 is 1.43 bits per heavy atom. The number of aromatic nitrogens is 6. The lowest BCUT2D eigenvalue weighted by molar-refractivity contribution is 0.102. The third-order valence-electron chi connectivity index (χ3n) is 10.3. The summed E-state index contributed by atoms with van der Waals surface area (Å²) >= 11 is 0. The molecule has 6 aromatic rings. The second-order valence-electron chi connectivity index (χ2n) is 13.5. The van der Waals surface area contributed by atoms with Gasteiger partial charge < -0.3 is 23.7 Å². The van der Waals surface area contributed by atoms with Gasteiger partial charge in [-0.05, 0) is 66.6 Å². The van der Waals surface area contributed by atoms with Crippen molar-refractivity contribution in [3.63, 3.8) is 0 Å². The van der Waals surface area contributed by atoms with Crippen molar-refractivity contribution in [1.82, 2.24) is 34.0 Å². The lowest BCUT2D eigenvalue weighted by Gasteiger charge is -2.29. The maximum Gasteiger partial charge on any atom is 0.150 e. The van der Waals surface area contributed by atoms with Gasteiger partial charge in [-0.1, -0.05) is 26.0 Å². The highest BCUT2D eigenvalue weighted by Crippen LogP contribution is 2.34. The molecule has 1 fully saturated rings. The van der Waals surface area contributed by atoms with E-state index in [0.717, 1.165) is 94.7 Å². The number of nitrogens with zero attached hydrogens (tertiary/aromatic N) is 10. The molecule has 1 saturated heterocycles. The summed E-state index contributed by atoms with van der Waals surface area (Å²) < 4.78 is 9.37. The molecule has 2 atom stereocenters. The van der Waals surface area contributed by atoms with Gasteiger partial charge in [0, 0.05) is 77.0 Å². The molecule has 1 aliphatic rings. The Bertz CT molecular complexity index is 2250. The summed E-state index contributed by atoms with van der Waals surface area (Å²) in [4.78, 5) is 35.1. The summed E-state index contributed by atoms with van der Waals surface area (Å²) in [6.07, 6.45) is 12.0. The van der Waals surface area contributed by atoms with Gasteiger partial charge >= 0.3 is 0 Å². The topological polar surface area (TPSA) is 121 Å². The number of carbonyl (C=O) groups excluding carboxylic acids is 1. The van der Waals surface area contributed by atoms with Crippen LogP contribution < -0.4 is 9.80 Å². The highest BCUT2D eigenvalue weighted by atomic mass is 16.5. The van der Waals surface area contributed by atoms with Crippen LogP contribution in [0.25, 0.3) is 22.1 Å². The Balaban J connectivity index is 0.000000192. The second kappa shape index (κ2) is 16.4. The van der Waals surface area contributed by atoms with E-state index in [4.69, 9.17) is 4.74 Å². The number of hydrogen-bond acceptors (Lipinski definition) is 10. The number of carbonyl (C=O) groups is 1. The number of imidazole rings is 2. The van der Waals surface area contributed by atoms with Crippen molar-refractivity contribution in [2.45, 2.75) is 51.6 Å². The molecule has 0 spiro atoms. The SMILES string of the molecule is CCc1cc(C(C#N)N2CCC[C@@H]2COC)ccc1N(C)c1cc2c(cn1)ncn2C.CCc1cc(C=O)ccc1N(C)c1cc2c(cn1)ncn2C. The fraction of sp³-hybridized carbons (Fsp3) is 0.366.